The number of carboxylic acid groups (broad SMARTS) is 1. The van der Waals surface area contributed by atoms with Gasteiger partial charge in [0, 0.05) is 5.69 Å². The minimum Gasteiger partial charge on any atom is -0.493 e. The summed E-state index contributed by atoms with van der Waals surface area (Å²) >= 11 is 0. The summed E-state index contributed by atoms with van der Waals surface area (Å²) in [6, 6.07) is 11.5. The molecule has 0 saturated carbocycles. The molecule has 0 amide bonds. The molecule has 0 aliphatic heterocycles. The number of nitrogens with two attached hydrogens (primary N) is 1. The molecular formula is C14H13NO4. The zero-order valence-electron chi connectivity index (χ0n) is 10.3. The fourth-order valence-electron chi connectivity index (χ4n) is 1.63. The van der Waals surface area contributed by atoms with Gasteiger partial charge < -0.3 is 20.3 Å². The molecule has 0 unspecified atom stereocenters. The summed E-state index contributed by atoms with van der Waals surface area (Å²) in [5.41, 5.74) is 5.94. The SMILES string of the molecule is COc1ccccc1Oc1ccc(N)cc1C(=O)O. The van der Waals surface area contributed by atoms with E-state index in [0.29, 0.717) is 17.2 Å². The van der Waals surface area contributed by atoms with Gasteiger partial charge >= 0.3 is 5.97 Å². The third kappa shape index (κ3) is 2.77. The van der Waals surface area contributed by atoms with Crippen LogP contribution in [0.25, 0.3) is 0 Å². The maximum atomic E-state index is 11.2. The van der Waals surface area contributed by atoms with Crippen molar-refractivity contribution in [3.8, 4) is 17.2 Å². The lowest BCUT2D eigenvalue weighted by Gasteiger charge is -2.12. The van der Waals surface area contributed by atoms with Gasteiger partial charge in [0.2, 0.25) is 0 Å². The van der Waals surface area contributed by atoms with E-state index in [9.17, 15) is 4.79 Å². The van der Waals surface area contributed by atoms with Crippen molar-refractivity contribution in [2.45, 2.75) is 0 Å². The van der Waals surface area contributed by atoms with Crippen molar-refractivity contribution in [1.82, 2.24) is 0 Å². The van der Waals surface area contributed by atoms with Crippen molar-refractivity contribution in [2.75, 3.05) is 12.8 Å². The monoisotopic (exact) mass is 259 g/mol. The summed E-state index contributed by atoms with van der Waals surface area (Å²) in [6.45, 7) is 0. The van der Waals surface area contributed by atoms with E-state index >= 15 is 0 Å². The maximum absolute atomic E-state index is 11.2. The minimum absolute atomic E-state index is 0.00547. The quantitative estimate of drug-likeness (QED) is 0.825. The van der Waals surface area contributed by atoms with Crippen LogP contribution in [0.1, 0.15) is 10.4 Å². The van der Waals surface area contributed by atoms with Gasteiger partial charge in [-0.25, -0.2) is 4.79 Å². The average Bonchev–Trinajstić information content (AvgIpc) is 2.41. The fourth-order valence-corrected chi connectivity index (χ4v) is 1.63. The van der Waals surface area contributed by atoms with Gasteiger partial charge in [-0.15, -0.1) is 0 Å². The number of rotatable bonds is 4. The first-order valence-electron chi connectivity index (χ1n) is 5.55. The molecule has 2 aromatic carbocycles. The number of carbonyl (C=O) groups is 1. The number of hydrogen-bond donors (Lipinski definition) is 2. The van der Waals surface area contributed by atoms with Crippen molar-refractivity contribution in [2.24, 2.45) is 0 Å². The molecule has 0 saturated heterocycles. The maximum Gasteiger partial charge on any atom is 0.339 e. The summed E-state index contributed by atoms with van der Waals surface area (Å²) < 4.78 is 10.7. The Hall–Kier alpha value is -2.69. The molecule has 98 valence electrons. The molecule has 0 aliphatic rings. The zero-order chi connectivity index (χ0) is 13.8. The van der Waals surface area contributed by atoms with Crippen LogP contribution in [0, 0.1) is 0 Å². The molecule has 0 bridgehead atoms. The Labute approximate surface area is 110 Å². The van der Waals surface area contributed by atoms with E-state index in [-0.39, 0.29) is 11.3 Å². The van der Waals surface area contributed by atoms with Gasteiger partial charge in [-0.1, -0.05) is 12.1 Å². The van der Waals surface area contributed by atoms with Gasteiger partial charge in [-0.3, -0.25) is 0 Å². The zero-order valence-corrected chi connectivity index (χ0v) is 10.3. The number of anilines is 1. The summed E-state index contributed by atoms with van der Waals surface area (Å²) in [4.78, 5) is 11.2. The number of ether oxygens (including phenoxy) is 2. The van der Waals surface area contributed by atoms with E-state index < -0.39 is 5.97 Å². The van der Waals surface area contributed by atoms with Gasteiger partial charge in [-0.05, 0) is 30.3 Å². The van der Waals surface area contributed by atoms with Crippen LogP contribution in [-0.2, 0) is 0 Å². The van der Waals surface area contributed by atoms with Gasteiger partial charge in [0.1, 0.15) is 11.3 Å². The highest BCUT2D eigenvalue weighted by Gasteiger charge is 2.14. The predicted molar refractivity (Wildman–Crippen MR) is 70.9 cm³/mol. The number of methoxy groups -OCH3 is 1. The van der Waals surface area contributed by atoms with E-state index in [0.717, 1.165) is 0 Å². The number of nitrogen functional groups attached to an aromatic ring is 1. The normalized spacial score (nSPS) is 9.95. The lowest BCUT2D eigenvalue weighted by atomic mass is 10.2. The second-order valence-corrected chi connectivity index (χ2v) is 3.81. The lowest BCUT2D eigenvalue weighted by Crippen LogP contribution is -2.02. The average molecular weight is 259 g/mol. The smallest absolute Gasteiger partial charge is 0.339 e. The summed E-state index contributed by atoms with van der Waals surface area (Å²) in [6.07, 6.45) is 0. The minimum atomic E-state index is -1.10. The van der Waals surface area contributed by atoms with Gasteiger partial charge in [-0.2, -0.15) is 0 Å². The van der Waals surface area contributed by atoms with E-state index in [1.54, 1.807) is 30.3 Å². The van der Waals surface area contributed by atoms with Crippen molar-refractivity contribution < 1.29 is 19.4 Å². The Balaban J connectivity index is 2.41. The van der Waals surface area contributed by atoms with Gasteiger partial charge in [0.15, 0.2) is 11.5 Å². The predicted octanol–water partition coefficient (Wildman–Crippen LogP) is 2.77. The number of hydrogen-bond acceptors (Lipinski definition) is 4. The molecular weight excluding hydrogens is 246 g/mol. The Morgan fingerprint density at radius 3 is 2.42 bits per heavy atom. The molecule has 2 aromatic rings. The van der Waals surface area contributed by atoms with E-state index in [4.69, 9.17) is 20.3 Å². The van der Waals surface area contributed by atoms with Crippen LogP contribution in [0.2, 0.25) is 0 Å². The van der Waals surface area contributed by atoms with Crippen LogP contribution < -0.4 is 15.2 Å². The second-order valence-electron chi connectivity index (χ2n) is 3.81. The Bertz CT molecular complexity index is 610. The van der Waals surface area contributed by atoms with Crippen LogP contribution in [0.3, 0.4) is 0 Å². The molecule has 2 rings (SSSR count). The standard InChI is InChI=1S/C14H13NO4/c1-18-12-4-2-3-5-13(12)19-11-7-6-9(15)8-10(11)14(16)17/h2-8H,15H2,1H3,(H,16,17). The van der Waals surface area contributed by atoms with E-state index in [1.807, 2.05) is 0 Å². The summed E-state index contributed by atoms with van der Waals surface area (Å²) in [5.74, 6) is 0.0799. The lowest BCUT2D eigenvalue weighted by molar-refractivity contribution is 0.0694. The molecule has 0 aliphatic carbocycles. The fraction of sp³-hybridized carbons (Fsp3) is 0.0714. The summed E-state index contributed by atoms with van der Waals surface area (Å²) in [7, 11) is 1.52. The first-order valence-corrected chi connectivity index (χ1v) is 5.55. The molecule has 5 heteroatoms. The third-order valence-electron chi connectivity index (χ3n) is 2.52. The van der Waals surface area contributed by atoms with Crippen molar-refractivity contribution in [3.63, 3.8) is 0 Å². The molecule has 3 N–H and O–H groups in total. The largest absolute Gasteiger partial charge is 0.493 e. The number of para-hydroxylation sites is 2. The first kappa shape index (κ1) is 12.8. The summed E-state index contributed by atoms with van der Waals surface area (Å²) in [5, 5.41) is 9.13. The van der Waals surface area contributed by atoms with Crippen LogP contribution in [0.15, 0.2) is 42.5 Å². The number of benzene rings is 2. The molecule has 0 aromatic heterocycles. The van der Waals surface area contributed by atoms with E-state index in [2.05, 4.69) is 0 Å². The van der Waals surface area contributed by atoms with Crippen LogP contribution in [-0.4, -0.2) is 18.2 Å². The number of aromatic carboxylic acids is 1. The van der Waals surface area contributed by atoms with Crippen molar-refractivity contribution >= 4 is 11.7 Å². The topological polar surface area (TPSA) is 81.8 Å². The highest BCUT2D eigenvalue weighted by Crippen LogP contribution is 2.33. The first-order chi connectivity index (χ1) is 9.11. The molecule has 0 fully saturated rings. The van der Waals surface area contributed by atoms with Gasteiger partial charge in [0.25, 0.3) is 0 Å². The third-order valence-corrected chi connectivity index (χ3v) is 2.52. The molecule has 5 nitrogen and oxygen atoms in total. The Morgan fingerprint density at radius 2 is 1.79 bits per heavy atom. The molecule has 0 radical (unpaired) electrons. The molecule has 0 atom stereocenters. The molecule has 0 spiro atoms. The molecule has 0 heterocycles. The van der Waals surface area contributed by atoms with Crippen molar-refractivity contribution in [1.29, 1.82) is 0 Å². The van der Waals surface area contributed by atoms with Crippen molar-refractivity contribution in [3.05, 3.63) is 48.0 Å². The Morgan fingerprint density at radius 1 is 1.11 bits per heavy atom. The van der Waals surface area contributed by atoms with E-state index in [1.165, 1.54) is 19.2 Å². The molecule has 19 heavy (non-hydrogen) atoms. The highest BCUT2D eigenvalue weighted by molar-refractivity contribution is 5.92. The Kier molecular flexibility index (Phi) is 3.56. The van der Waals surface area contributed by atoms with Gasteiger partial charge in [0.05, 0.1) is 7.11 Å². The number of carboxylic acids is 1. The van der Waals surface area contributed by atoms with Crippen LogP contribution >= 0.6 is 0 Å². The second kappa shape index (κ2) is 5.30. The van der Waals surface area contributed by atoms with Crippen LogP contribution in [0.5, 0.6) is 17.2 Å². The van der Waals surface area contributed by atoms with Crippen LogP contribution in [0.4, 0.5) is 5.69 Å². The highest BCUT2D eigenvalue weighted by atomic mass is 16.5.